The molecule has 1 aromatic heterocycles. The van der Waals surface area contributed by atoms with Crippen molar-refractivity contribution in [3.05, 3.63) is 33.6 Å². The smallest absolute Gasteiger partial charge is 0.258 e. The fraction of sp³-hybridized carbons (Fsp3) is 0.286. The summed E-state index contributed by atoms with van der Waals surface area (Å²) in [5.74, 6) is 0. The third-order valence-corrected chi connectivity index (χ3v) is 2.18. The molecule has 0 aliphatic carbocycles. The van der Waals surface area contributed by atoms with E-state index in [1.807, 2.05) is 0 Å². The standard InChI is InChI=1S/C7H4BrF3N2O2/c8-2-4-1-5(13(14)15)3-12-6(4)7(9,10)11/h1,3H,2H2. The van der Waals surface area contributed by atoms with E-state index in [1.54, 1.807) is 0 Å². The molecule has 0 N–H and O–H groups in total. The monoisotopic (exact) mass is 284 g/mol. The summed E-state index contributed by atoms with van der Waals surface area (Å²) in [6.45, 7) is 0. The quantitative estimate of drug-likeness (QED) is 0.477. The predicted octanol–water partition coefficient (Wildman–Crippen LogP) is 2.90. The first-order valence-electron chi connectivity index (χ1n) is 3.62. The van der Waals surface area contributed by atoms with Crippen LogP contribution in [0, 0.1) is 10.1 Å². The molecule has 0 bridgehead atoms. The molecule has 0 aromatic carbocycles. The molecule has 1 rings (SSSR count). The zero-order chi connectivity index (χ0) is 11.6. The number of nitro groups is 1. The number of rotatable bonds is 2. The Hall–Kier alpha value is -1.18. The summed E-state index contributed by atoms with van der Waals surface area (Å²) in [6.07, 6.45) is -4.01. The van der Waals surface area contributed by atoms with Crippen LogP contribution in [0.5, 0.6) is 0 Å². The minimum Gasteiger partial charge on any atom is -0.258 e. The van der Waals surface area contributed by atoms with Crippen LogP contribution in [0.1, 0.15) is 11.3 Å². The number of nitrogens with zero attached hydrogens (tertiary/aromatic N) is 2. The van der Waals surface area contributed by atoms with E-state index in [-0.39, 0.29) is 10.9 Å². The molecule has 0 aliphatic rings. The van der Waals surface area contributed by atoms with Gasteiger partial charge in [0.2, 0.25) is 0 Å². The van der Waals surface area contributed by atoms with Crippen LogP contribution < -0.4 is 0 Å². The van der Waals surface area contributed by atoms with Gasteiger partial charge in [-0.3, -0.25) is 10.1 Å². The van der Waals surface area contributed by atoms with Crippen LogP contribution >= 0.6 is 15.9 Å². The summed E-state index contributed by atoms with van der Waals surface area (Å²) in [6, 6.07) is 0.852. The van der Waals surface area contributed by atoms with Crippen molar-refractivity contribution in [2.45, 2.75) is 11.5 Å². The molecule has 0 unspecified atom stereocenters. The van der Waals surface area contributed by atoms with E-state index in [4.69, 9.17) is 0 Å². The second-order valence-electron chi connectivity index (χ2n) is 2.59. The molecular formula is C7H4BrF3N2O2. The molecular weight excluding hydrogens is 281 g/mol. The van der Waals surface area contributed by atoms with Crippen molar-refractivity contribution in [2.75, 3.05) is 0 Å². The second-order valence-corrected chi connectivity index (χ2v) is 3.15. The average molecular weight is 285 g/mol. The van der Waals surface area contributed by atoms with Gasteiger partial charge in [0, 0.05) is 17.0 Å². The highest BCUT2D eigenvalue weighted by Gasteiger charge is 2.35. The molecule has 0 atom stereocenters. The van der Waals surface area contributed by atoms with Crippen molar-refractivity contribution in [1.82, 2.24) is 4.98 Å². The summed E-state index contributed by atoms with van der Waals surface area (Å²) in [4.78, 5) is 12.6. The first kappa shape index (κ1) is 11.9. The van der Waals surface area contributed by atoms with Crippen molar-refractivity contribution in [1.29, 1.82) is 0 Å². The predicted molar refractivity (Wildman–Crippen MR) is 48.5 cm³/mol. The molecule has 15 heavy (non-hydrogen) atoms. The summed E-state index contributed by atoms with van der Waals surface area (Å²) < 4.78 is 36.9. The first-order valence-corrected chi connectivity index (χ1v) is 4.75. The summed E-state index contributed by atoms with van der Waals surface area (Å²) in [5.41, 5.74) is -1.82. The van der Waals surface area contributed by atoms with Crippen molar-refractivity contribution >= 4 is 21.6 Å². The van der Waals surface area contributed by atoms with E-state index < -0.39 is 22.5 Å². The number of hydrogen-bond donors (Lipinski definition) is 0. The Kier molecular flexibility index (Phi) is 3.28. The number of hydrogen-bond acceptors (Lipinski definition) is 3. The van der Waals surface area contributed by atoms with Gasteiger partial charge in [-0.2, -0.15) is 13.2 Å². The normalized spacial score (nSPS) is 11.5. The molecule has 4 nitrogen and oxygen atoms in total. The summed E-state index contributed by atoms with van der Waals surface area (Å²) in [5, 5.41) is 10.2. The molecule has 0 aliphatic heterocycles. The lowest BCUT2D eigenvalue weighted by Crippen LogP contribution is -2.11. The number of pyridine rings is 1. The Labute approximate surface area is 90.4 Å². The minimum absolute atomic E-state index is 0.142. The molecule has 0 amide bonds. The zero-order valence-electron chi connectivity index (χ0n) is 7.08. The molecule has 0 saturated heterocycles. The molecule has 0 spiro atoms. The Morgan fingerprint density at radius 3 is 2.53 bits per heavy atom. The van der Waals surface area contributed by atoms with Gasteiger partial charge in [0.25, 0.3) is 5.69 Å². The zero-order valence-corrected chi connectivity index (χ0v) is 8.67. The maximum atomic E-state index is 12.3. The number of aromatic nitrogens is 1. The van der Waals surface area contributed by atoms with Gasteiger partial charge in [-0.1, -0.05) is 15.9 Å². The van der Waals surface area contributed by atoms with E-state index in [1.165, 1.54) is 0 Å². The molecule has 82 valence electrons. The molecule has 1 aromatic rings. The van der Waals surface area contributed by atoms with Crippen LogP contribution in [0.2, 0.25) is 0 Å². The second kappa shape index (κ2) is 4.13. The van der Waals surface area contributed by atoms with E-state index in [9.17, 15) is 23.3 Å². The lowest BCUT2D eigenvalue weighted by atomic mass is 10.2. The molecule has 0 radical (unpaired) electrons. The van der Waals surface area contributed by atoms with Crippen molar-refractivity contribution in [2.24, 2.45) is 0 Å². The first-order chi connectivity index (χ1) is 6.86. The van der Waals surface area contributed by atoms with E-state index in [0.717, 1.165) is 6.07 Å². The fourth-order valence-electron chi connectivity index (χ4n) is 0.955. The molecule has 8 heteroatoms. The highest BCUT2D eigenvalue weighted by molar-refractivity contribution is 9.08. The van der Waals surface area contributed by atoms with Crippen LogP contribution in [0.15, 0.2) is 12.3 Å². The highest BCUT2D eigenvalue weighted by atomic mass is 79.9. The summed E-state index contributed by atoms with van der Waals surface area (Å²) >= 11 is 2.82. The van der Waals surface area contributed by atoms with Gasteiger partial charge in [0.15, 0.2) is 0 Å². The maximum absolute atomic E-state index is 12.3. The third-order valence-electron chi connectivity index (χ3n) is 1.58. The van der Waals surface area contributed by atoms with Gasteiger partial charge in [-0.25, -0.2) is 4.98 Å². The number of halogens is 4. The third kappa shape index (κ3) is 2.65. The largest absolute Gasteiger partial charge is 0.433 e. The van der Waals surface area contributed by atoms with Crippen LogP contribution in [0.25, 0.3) is 0 Å². The Morgan fingerprint density at radius 2 is 2.13 bits per heavy atom. The lowest BCUT2D eigenvalue weighted by molar-refractivity contribution is -0.385. The highest BCUT2D eigenvalue weighted by Crippen LogP contribution is 2.32. The van der Waals surface area contributed by atoms with E-state index >= 15 is 0 Å². The van der Waals surface area contributed by atoms with Crippen LogP contribution in [-0.2, 0) is 11.5 Å². The molecule has 1 heterocycles. The van der Waals surface area contributed by atoms with Gasteiger partial charge in [-0.05, 0) is 0 Å². The van der Waals surface area contributed by atoms with E-state index in [2.05, 4.69) is 20.9 Å². The van der Waals surface area contributed by atoms with Crippen molar-refractivity contribution in [3.8, 4) is 0 Å². The molecule has 0 saturated carbocycles. The average Bonchev–Trinajstić information content (AvgIpc) is 2.15. The molecule has 0 fully saturated rings. The van der Waals surface area contributed by atoms with Crippen LogP contribution in [0.4, 0.5) is 18.9 Å². The topological polar surface area (TPSA) is 56.0 Å². The van der Waals surface area contributed by atoms with Gasteiger partial charge < -0.3 is 0 Å². The van der Waals surface area contributed by atoms with Gasteiger partial charge in [-0.15, -0.1) is 0 Å². The Morgan fingerprint density at radius 1 is 1.53 bits per heavy atom. The minimum atomic E-state index is -4.60. The van der Waals surface area contributed by atoms with Gasteiger partial charge in [0.05, 0.1) is 4.92 Å². The lowest BCUT2D eigenvalue weighted by Gasteiger charge is -2.08. The Bertz CT molecular complexity index is 394. The van der Waals surface area contributed by atoms with Crippen LogP contribution in [0.3, 0.4) is 0 Å². The Balaban J connectivity index is 3.27. The maximum Gasteiger partial charge on any atom is 0.433 e. The van der Waals surface area contributed by atoms with E-state index in [0.29, 0.717) is 6.20 Å². The fourth-order valence-corrected chi connectivity index (χ4v) is 1.38. The number of alkyl halides is 4. The van der Waals surface area contributed by atoms with Gasteiger partial charge in [0.1, 0.15) is 11.9 Å². The summed E-state index contributed by atoms with van der Waals surface area (Å²) in [7, 11) is 0. The van der Waals surface area contributed by atoms with Crippen molar-refractivity contribution < 1.29 is 18.1 Å². The van der Waals surface area contributed by atoms with Crippen molar-refractivity contribution in [3.63, 3.8) is 0 Å². The SMILES string of the molecule is O=[N+]([O-])c1cnc(C(F)(F)F)c(CBr)c1. The van der Waals surface area contributed by atoms with Gasteiger partial charge >= 0.3 is 6.18 Å². The van der Waals surface area contributed by atoms with Crippen LogP contribution in [-0.4, -0.2) is 9.91 Å².